The summed E-state index contributed by atoms with van der Waals surface area (Å²) in [5.41, 5.74) is 0.0187. The number of carbonyl (C=O) groups excluding carboxylic acids is 1. The second-order valence-corrected chi connectivity index (χ2v) is 7.64. The molecule has 1 aromatic carbocycles. The van der Waals surface area contributed by atoms with Crippen LogP contribution in [0.5, 0.6) is 5.75 Å². The first-order valence-electron chi connectivity index (χ1n) is 6.98. The van der Waals surface area contributed by atoms with Crippen LogP contribution in [0.2, 0.25) is 0 Å². The van der Waals surface area contributed by atoms with Crippen molar-refractivity contribution in [2.24, 2.45) is 0 Å². The van der Waals surface area contributed by atoms with Gasteiger partial charge in [-0.1, -0.05) is 40.1 Å². The Hall–Kier alpha value is -1.14. The fourth-order valence-electron chi connectivity index (χ4n) is 2.11. The summed E-state index contributed by atoms with van der Waals surface area (Å²) in [6.45, 7) is 0. The van der Waals surface area contributed by atoms with Gasteiger partial charge in [-0.05, 0) is 31.4 Å². The Morgan fingerprint density at radius 2 is 2.10 bits per heavy atom. The molecule has 114 valence electrons. The van der Waals surface area contributed by atoms with Crippen LogP contribution in [-0.2, 0) is 4.79 Å². The molecule has 1 atom stereocenters. The second-order valence-electron chi connectivity index (χ2n) is 4.85. The fourth-order valence-corrected chi connectivity index (χ4v) is 5.14. The number of aromatic carboxylic acids is 1. The van der Waals surface area contributed by atoms with E-state index in [1.54, 1.807) is 12.1 Å². The minimum Gasteiger partial charge on any atom is -0.478 e. The van der Waals surface area contributed by atoms with Crippen molar-refractivity contribution in [3.8, 4) is 5.75 Å². The van der Waals surface area contributed by atoms with Crippen LogP contribution in [-0.4, -0.2) is 28.0 Å². The topological polar surface area (TPSA) is 63.6 Å². The van der Waals surface area contributed by atoms with Crippen molar-refractivity contribution in [2.75, 3.05) is 5.75 Å². The molecular formula is C15H18O4S2. The lowest BCUT2D eigenvalue weighted by Gasteiger charge is -2.08. The van der Waals surface area contributed by atoms with E-state index in [1.165, 1.54) is 24.3 Å². The number of hydrogen-bond donors (Lipinski definition) is 1. The molecule has 21 heavy (non-hydrogen) atoms. The molecule has 0 saturated carbocycles. The van der Waals surface area contributed by atoms with E-state index in [-0.39, 0.29) is 17.3 Å². The van der Waals surface area contributed by atoms with E-state index in [0.29, 0.717) is 6.42 Å². The van der Waals surface area contributed by atoms with Gasteiger partial charge in [0.05, 0.1) is 0 Å². The van der Waals surface area contributed by atoms with Crippen LogP contribution in [0.3, 0.4) is 0 Å². The maximum atomic E-state index is 11.8. The van der Waals surface area contributed by atoms with Gasteiger partial charge in [0.1, 0.15) is 11.3 Å². The molecule has 4 nitrogen and oxygen atoms in total. The predicted octanol–water partition coefficient (Wildman–Crippen LogP) is 4.00. The number of para-hydroxylation sites is 1. The average Bonchev–Trinajstić information content (AvgIpc) is 2.97. The van der Waals surface area contributed by atoms with Crippen LogP contribution in [0.15, 0.2) is 24.3 Å². The SMILES string of the molecule is O=C(CCCC[C@H]1CCSS1)Oc1ccccc1C(=O)O. The van der Waals surface area contributed by atoms with Crippen LogP contribution in [0, 0.1) is 0 Å². The van der Waals surface area contributed by atoms with E-state index in [1.807, 2.05) is 21.6 Å². The molecule has 0 unspecified atom stereocenters. The first kappa shape index (κ1) is 16.2. The van der Waals surface area contributed by atoms with Gasteiger partial charge in [-0.15, -0.1) is 0 Å². The Bertz CT molecular complexity index is 498. The normalized spacial score (nSPS) is 17.6. The lowest BCUT2D eigenvalue weighted by Crippen LogP contribution is -2.11. The lowest BCUT2D eigenvalue weighted by molar-refractivity contribution is -0.134. The van der Waals surface area contributed by atoms with E-state index in [4.69, 9.17) is 9.84 Å². The molecule has 2 rings (SSSR count). The Morgan fingerprint density at radius 3 is 2.81 bits per heavy atom. The summed E-state index contributed by atoms with van der Waals surface area (Å²) in [6.07, 6.45) is 4.52. The number of carboxylic acid groups (broad SMARTS) is 1. The number of ether oxygens (including phenoxy) is 1. The van der Waals surface area contributed by atoms with Gasteiger partial charge in [0.15, 0.2) is 0 Å². The number of hydrogen-bond acceptors (Lipinski definition) is 5. The Balaban J connectivity index is 1.73. The van der Waals surface area contributed by atoms with Gasteiger partial charge in [0.25, 0.3) is 0 Å². The van der Waals surface area contributed by atoms with Crippen LogP contribution in [0.25, 0.3) is 0 Å². The molecule has 1 N–H and O–H groups in total. The van der Waals surface area contributed by atoms with E-state index in [2.05, 4.69) is 0 Å². The average molecular weight is 326 g/mol. The third kappa shape index (κ3) is 5.28. The molecule has 1 aromatic rings. The van der Waals surface area contributed by atoms with Crippen LogP contribution >= 0.6 is 21.6 Å². The van der Waals surface area contributed by atoms with Crippen LogP contribution in [0.1, 0.15) is 42.5 Å². The molecule has 1 aliphatic rings. The highest BCUT2D eigenvalue weighted by Gasteiger charge is 2.17. The van der Waals surface area contributed by atoms with Crippen molar-refractivity contribution in [3.05, 3.63) is 29.8 Å². The summed E-state index contributed by atoms with van der Waals surface area (Å²) in [6, 6.07) is 6.20. The standard InChI is InChI=1S/C15H18O4S2/c16-14(8-4-1-5-11-9-10-20-21-11)19-13-7-3-2-6-12(13)15(17)18/h2-3,6-7,11H,1,4-5,8-10H2,(H,17,18)/t11-/m0/s1. The van der Waals surface area contributed by atoms with Crippen molar-refractivity contribution >= 4 is 33.5 Å². The smallest absolute Gasteiger partial charge is 0.339 e. The van der Waals surface area contributed by atoms with Crippen molar-refractivity contribution in [1.82, 2.24) is 0 Å². The molecule has 0 radical (unpaired) electrons. The third-order valence-corrected chi connectivity index (χ3v) is 6.23. The van der Waals surface area contributed by atoms with Gasteiger partial charge >= 0.3 is 11.9 Å². The number of carbonyl (C=O) groups is 2. The summed E-state index contributed by atoms with van der Waals surface area (Å²) in [5.74, 6) is -0.104. The van der Waals surface area contributed by atoms with E-state index in [9.17, 15) is 9.59 Å². The van der Waals surface area contributed by atoms with Crippen molar-refractivity contribution in [2.45, 2.75) is 37.4 Å². The molecule has 1 heterocycles. The lowest BCUT2D eigenvalue weighted by atomic mass is 10.1. The fraction of sp³-hybridized carbons (Fsp3) is 0.467. The molecule has 0 aromatic heterocycles. The first-order chi connectivity index (χ1) is 10.2. The number of unbranched alkanes of at least 4 members (excludes halogenated alkanes) is 1. The monoisotopic (exact) mass is 326 g/mol. The Labute approximate surface area is 132 Å². The number of esters is 1. The number of benzene rings is 1. The van der Waals surface area contributed by atoms with Crippen molar-refractivity contribution in [3.63, 3.8) is 0 Å². The second kappa shape index (κ2) is 8.34. The summed E-state index contributed by atoms with van der Waals surface area (Å²) in [5, 5.41) is 9.74. The Kier molecular flexibility index (Phi) is 6.45. The van der Waals surface area contributed by atoms with Gasteiger partial charge in [-0.25, -0.2) is 4.79 Å². The van der Waals surface area contributed by atoms with E-state index < -0.39 is 5.97 Å². The first-order valence-corrected chi connectivity index (χ1v) is 9.36. The minimum atomic E-state index is -1.09. The molecular weight excluding hydrogens is 308 g/mol. The molecule has 0 spiro atoms. The van der Waals surface area contributed by atoms with E-state index in [0.717, 1.165) is 24.5 Å². The highest BCUT2D eigenvalue weighted by molar-refractivity contribution is 8.77. The van der Waals surface area contributed by atoms with Crippen molar-refractivity contribution in [1.29, 1.82) is 0 Å². The van der Waals surface area contributed by atoms with E-state index >= 15 is 0 Å². The molecule has 1 fully saturated rings. The third-order valence-electron chi connectivity index (χ3n) is 3.23. The molecule has 0 amide bonds. The maximum absolute atomic E-state index is 11.8. The zero-order valence-electron chi connectivity index (χ0n) is 11.6. The van der Waals surface area contributed by atoms with Gasteiger partial charge in [0.2, 0.25) is 0 Å². The van der Waals surface area contributed by atoms with Gasteiger partial charge in [-0.3, -0.25) is 4.79 Å². The number of carboxylic acids is 1. The van der Waals surface area contributed by atoms with Crippen LogP contribution < -0.4 is 4.74 Å². The summed E-state index contributed by atoms with van der Waals surface area (Å²) in [4.78, 5) is 22.8. The summed E-state index contributed by atoms with van der Waals surface area (Å²) >= 11 is 0. The minimum absolute atomic E-state index is 0.0187. The quantitative estimate of drug-likeness (QED) is 0.353. The highest BCUT2D eigenvalue weighted by atomic mass is 33.1. The Morgan fingerprint density at radius 1 is 1.29 bits per heavy atom. The largest absolute Gasteiger partial charge is 0.478 e. The molecule has 0 bridgehead atoms. The zero-order valence-corrected chi connectivity index (χ0v) is 13.3. The predicted molar refractivity (Wildman–Crippen MR) is 86.0 cm³/mol. The highest BCUT2D eigenvalue weighted by Crippen LogP contribution is 2.39. The molecule has 1 aliphatic heterocycles. The van der Waals surface area contributed by atoms with Gasteiger partial charge in [0, 0.05) is 17.4 Å². The summed E-state index contributed by atoms with van der Waals surface area (Å²) in [7, 11) is 3.87. The van der Waals surface area contributed by atoms with Gasteiger partial charge < -0.3 is 9.84 Å². The molecule has 1 saturated heterocycles. The number of rotatable bonds is 7. The van der Waals surface area contributed by atoms with Gasteiger partial charge in [-0.2, -0.15) is 0 Å². The summed E-state index contributed by atoms with van der Waals surface area (Å²) < 4.78 is 5.15. The molecule has 0 aliphatic carbocycles. The molecule has 6 heteroatoms. The van der Waals surface area contributed by atoms with Crippen molar-refractivity contribution < 1.29 is 19.4 Å². The maximum Gasteiger partial charge on any atom is 0.339 e. The van der Waals surface area contributed by atoms with Crippen LogP contribution in [0.4, 0.5) is 0 Å². The zero-order chi connectivity index (χ0) is 15.1.